The Morgan fingerprint density at radius 3 is 2.33 bits per heavy atom. The molecule has 1 rings (SSSR count). The lowest BCUT2D eigenvalue weighted by Gasteiger charge is -2.08. The molecular formula is C8H12F2N2. The van der Waals surface area contributed by atoms with Crippen molar-refractivity contribution in [2.45, 2.75) is 26.3 Å². The van der Waals surface area contributed by atoms with Crippen molar-refractivity contribution in [3.05, 3.63) is 23.0 Å². The van der Waals surface area contributed by atoms with E-state index in [1.807, 2.05) is 6.92 Å². The summed E-state index contributed by atoms with van der Waals surface area (Å²) in [6.45, 7) is 3.55. The summed E-state index contributed by atoms with van der Waals surface area (Å²) < 4.78 is 24.3. The van der Waals surface area contributed by atoms with Crippen molar-refractivity contribution in [3.8, 4) is 0 Å². The zero-order valence-electron chi connectivity index (χ0n) is 7.07. The van der Waals surface area contributed by atoms with Gasteiger partial charge in [-0.25, -0.2) is 8.78 Å². The molecule has 2 nitrogen and oxygen atoms in total. The van der Waals surface area contributed by atoms with Crippen molar-refractivity contribution in [1.29, 1.82) is 0 Å². The minimum absolute atomic E-state index is 0.502. The summed E-state index contributed by atoms with van der Waals surface area (Å²) >= 11 is 0. The van der Waals surface area contributed by atoms with Gasteiger partial charge in [-0.1, -0.05) is 0 Å². The van der Waals surface area contributed by atoms with Gasteiger partial charge in [-0.2, -0.15) is 0 Å². The number of hydrogen-bond donors (Lipinski definition) is 2. The number of halogens is 2. The van der Waals surface area contributed by atoms with Crippen molar-refractivity contribution >= 4 is 0 Å². The highest BCUT2D eigenvalue weighted by Crippen LogP contribution is 2.21. The van der Waals surface area contributed by atoms with Crippen molar-refractivity contribution in [1.82, 2.24) is 4.98 Å². The second-order valence-corrected chi connectivity index (χ2v) is 2.89. The van der Waals surface area contributed by atoms with Crippen LogP contribution < -0.4 is 5.73 Å². The average molecular weight is 174 g/mol. The Morgan fingerprint density at radius 1 is 1.42 bits per heavy atom. The molecule has 0 aromatic carbocycles. The molecule has 1 heterocycles. The number of rotatable bonds is 2. The monoisotopic (exact) mass is 174 g/mol. The second kappa shape index (κ2) is 3.23. The van der Waals surface area contributed by atoms with E-state index in [0.717, 1.165) is 11.4 Å². The van der Waals surface area contributed by atoms with Crippen molar-refractivity contribution < 1.29 is 8.78 Å². The van der Waals surface area contributed by atoms with E-state index in [1.165, 1.54) is 0 Å². The Labute approximate surface area is 69.8 Å². The van der Waals surface area contributed by atoms with Gasteiger partial charge in [-0.15, -0.1) is 0 Å². The van der Waals surface area contributed by atoms with Crippen LogP contribution in [0.25, 0.3) is 0 Å². The van der Waals surface area contributed by atoms with Crippen LogP contribution in [0.15, 0.2) is 6.07 Å². The normalized spacial score (nSPS) is 13.8. The Bertz CT molecular complexity index is 268. The van der Waals surface area contributed by atoms with Gasteiger partial charge >= 0.3 is 0 Å². The van der Waals surface area contributed by atoms with Crippen LogP contribution >= 0.6 is 0 Å². The molecular weight excluding hydrogens is 162 g/mol. The van der Waals surface area contributed by atoms with Gasteiger partial charge in [0.1, 0.15) is 0 Å². The summed E-state index contributed by atoms with van der Waals surface area (Å²) in [5, 5.41) is 0. The zero-order chi connectivity index (χ0) is 9.30. The highest BCUT2D eigenvalue weighted by Gasteiger charge is 2.20. The van der Waals surface area contributed by atoms with Gasteiger partial charge in [0.05, 0.1) is 6.04 Å². The molecule has 0 spiro atoms. The predicted molar refractivity (Wildman–Crippen MR) is 43.2 cm³/mol. The van der Waals surface area contributed by atoms with Crippen molar-refractivity contribution in [2.24, 2.45) is 5.73 Å². The SMILES string of the molecule is Cc1cc(C(N)C(F)F)c(C)[nH]1. The van der Waals surface area contributed by atoms with E-state index in [9.17, 15) is 8.78 Å². The third-order valence-electron chi connectivity index (χ3n) is 1.82. The smallest absolute Gasteiger partial charge is 0.257 e. The Balaban J connectivity index is 2.94. The number of nitrogens with one attached hydrogen (secondary N) is 1. The average Bonchev–Trinajstić information content (AvgIpc) is 2.28. The lowest BCUT2D eigenvalue weighted by molar-refractivity contribution is 0.116. The molecule has 0 bridgehead atoms. The molecule has 0 aliphatic heterocycles. The quantitative estimate of drug-likeness (QED) is 0.706. The summed E-state index contributed by atoms with van der Waals surface area (Å²) in [4.78, 5) is 2.93. The molecule has 1 atom stereocenters. The van der Waals surface area contributed by atoms with E-state index >= 15 is 0 Å². The fourth-order valence-electron chi connectivity index (χ4n) is 1.23. The number of nitrogens with two attached hydrogens (primary N) is 1. The van der Waals surface area contributed by atoms with E-state index in [-0.39, 0.29) is 0 Å². The largest absolute Gasteiger partial charge is 0.362 e. The molecule has 4 heteroatoms. The zero-order valence-corrected chi connectivity index (χ0v) is 7.07. The molecule has 0 amide bonds. The summed E-state index contributed by atoms with van der Waals surface area (Å²) in [5.74, 6) is 0. The Kier molecular flexibility index (Phi) is 2.47. The molecule has 1 unspecified atom stereocenters. The van der Waals surface area contributed by atoms with E-state index in [1.54, 1.807) is 13.0 Å². The van der Waals surface area contributed by atoms with Gasteiger partial charge in [0, 0.05) is 11.4 Å². The molecule has 3 N–H and O–H groups in total. The standard InChI is InChI=1S/C8H12F2N2/c1-4-3-6(5(2)12-4)7(11)8(9)10/h3,7-8,12H,11H2,1-2H3. The van der Waals surface area contributed by atoms with E-state index < -0.39 is 12.5 Å². The number of aromatic amines is 1. The third kappa shape index (κ3) is 1.64. The first-order valence-electron chi connectivity index (χ1n) is 3.72. The van der Waals surface area contributed by atoms with Crippen LogP contribution in [0, 0.1) is 13.8 Å². The lowest BCUT2D eigenvalue weighted by atomic mass is 10.1. The van der Waals surface area contributed by atoms with Gasteiger partial charge in [0.15, 0.2) is 0 Å². The molecule has 12 heavy (non-hydrogen) atoms. The predicted octanol–water partition coefficient (Wildman–Crippen LogP) is 1.90. The van der Waals surface area contributed by atoms with E-state index in [4.69, 9.17) is 5.73 Å². The number of aromatic nitrogens is 1. The van der Waals surface area contributed by atoms with Gasteiger partial charge < -0.3 is 10.7 Å². The second-order valence-electron chi connectivity index (χ2n) is 2.89. The topological polar surface area (TPSA) is 41.8 Å². The first-order chi connectivity index (χ1) is 5.52. The highest BCUT2D eigenvalue weighted by molar-refractivity contribution is 5.27. The molecule has 0 aliphatic rings. The van der Waals surface area contributed by atoms with Gasteiger partial charge in [0.25, 0.3) is 6.43 Å². The maximum Gasteiger partial charge on any atom is 0.257 e. The van der Waals surface area contributed by atoms with E-state index in [0.29, 0.717) is 5.56 Å². The highest BCUT2D eigenvalue weighted by atomic mass is 19.3. The molecule has 1 aromatic rings. The van der Waals surface area contributed by atoms with Crippen molar-refractivity contribution in [3.63, 3.8) is 0 Å². The van der Waals surface area contributed by atoms with Crippen LogP contribution in [0.1, 0.15) is 23.0 Å². The fraction of sp³-hybridized carbons (Fsp3) is 0.500. The molecule has 0 radical (unpaired) electrons. The molecule has 68 valence electrons. The number of alkyl halides is 2. The number of aryl methyl sites for hydroxylation is 2. The van der Waals surface area contributed by atoms with Crippen LogP contribution in [0.3, 0.4) is 0 Å². The van der Waals surface area contributed by atoms with Crippen LogP contribution in [-0.4, -0.2) is 11.4 Å². The Hall–Kier alpha value is -0.900. The fourth-order valence-corrected chi connectivity index (χ4v) is 1.23. The molecule has 0 aliphatic carbocycles. The van der Waals surface area contributed by atoms with Crippen LogP contribution in [0.5, 0.6) is 0 Å². The minimum atomic E-state index is -2.50. The molecule has 0 fully saturated rings. The van der Waals surface area contributed by atoms with Crippen LogP contribution in [0.4, 0.5) is 8.78 Å². The van der Waals surface area contributed by atoms with Crippen LogP contribution in [0.2, 0.25) is 0 Å². The lowest BCUT2D eigenvalue weighted by Crippen LogP contribution is -2.19. The van der Waals surface area contributed by atoms with Crippen molar-refractivity contribution in [2.75, 3.05) is 0 Å². The third-order valence-corrected chi connectivity index (χ3v) is 1.82. The molecule has 0 saturated heterocycles. The number of hydrogen-bond acceptors (Lipinski definition) is 1. The summed E-state index contributed by atoms with van der Waals surface area (Å²) in [5.41, 5.74) is 7.37. The van der Waals surface area contributed by atoms with Crippen LogP contribution in [-0.2, 0) is 0 Å². The minimum Gasteiger partial charge on any atom is -0.362 e. The Morgan fingerprint density at radius 2 is 2.00 bits per heavy atom. The van der Waals surface area contributed by atoms with Gasteiger partial charge in [-0.05, 0) is 25.5 Å². The first kappa shape index (κ1) is 9.19. The van der Waals surface area contributed by atoms with Gasteiger partial charge in [0.2, 0.25) is 0 Å². The number of H-pyrrole nitrogens is 1. The summed E-state index contributed by atoms with van der Waals surface area (Å²) in [6.07, 6.45) is -2.50. The maximum atomic E-state index is 12.2. The van der Waals surface area contributed by atoms with Gasteiger partial charge in [-0.3, -0.25) is 0 Å². The summed E-state index contributed by atoms with van der Waals surface area (Å²) in [6, 6.07) is 0.488. The summed E-state index contributed by atoms with van der Waals surface area (Å²) in [7, 11) is 0. The molecule has 1 aromatic heterocycles. The van der Waals surface area contributed by atoms with E-state index in [2.05, 4.69) is 4.98 Å². The molecule has 0 saturated carbocycles. The maximum absolute atomic E-state index is 12.2. The first-order valence-corrected chi connectivity index (χ1v) is 3.72.